The van der Waals surface area contributed by atoms with Crippen LogP contribution in [0.15, 0.2) is 0 Å². The number of rotatable bonds is 6. The first-order valence-electron chi connectivity index (χ1n) is 5.73. The lowest BCUT2D eigenvalue weighted by atomic mass is 9.66. The summed E-state index contributed by atoms with van der Waals surface area (Å²) in [5, 5.41) is 21.0. The number of carbonyl (C=O) groups excluding carboxylic acids is 1. The SMILES string of the molecule is CC(O)(CO)CNC(=O)CC1(CN)CCC1. The predicted octanol–water partition coefficient (Wildman–Crippen LogP) is -0.635. The average Bonchev–Trinajstić information content (AvgIpc) is 2.21. The Hall–Kier alpha value is -0.650. The maximum atomic E-state index is 11.6. The van der Waals surface area contributed by atoms with Gasteiger partial charge in [0.25, 0.3) is 0 Å². The van der Waals surface area contributed by atoms with Gasteiger partial charge in [0.1, 0.15) is 5.60 Å². The molecule has 0 saturated heterocycles. The van der Waals surface area contributed by atoms with Gasteiger partial charge in [0.05, 0.1) is 6.61 Å². The van der Waals surface area contributed by atoms with Crippen LogP contribution in [0, 0.1) is 5.41 Å². The highest BCUT2D eigenvalue weighted by Gasteiger charge is 2.37. The van der Waals surface area contributed by atoms with E-state index in [9.17, 15) is 9.90 Å². The normalized spacial score (nSPS) is 22.0. The largest absolute Gasteiger partial charge is 0.393 e. The van der Waals surface area contributed by atoms with Gasteiger partial charge in [-0.3, -0.25) is 4.79 Å². The average molecular weight is 230 g/mol. The minimum absolute atomic E-state index is 0.0187. The van der Waals surface area contributed by atoms with Crippen LogP contribution < -0.4 is 11.1 Å². The minimum Gasteiger partial charge on any atom is -0.393 e. The number of hydrogen-bond donors (Lipinski definition) is 4. The summed E-state index contributed by atoms with van der Waals surface area (Å²) in [6.07, 6.45) is 3.57. The molecule has 1 saturated carbocycles. The van der Waals surface area contributed by atoms with Crippen LogP contribution in [-0.4, -0.2) is 41.4 Å². The van der Waals surface area contributed by atoms with Gasteiger partial charge in [-0.05, 0) is 31.7 Å². The van der Waals surface area contributed by atoms with Crippen LogP contribution >= 0.6 is 0 Å². The molecule has 1 aliphatic rings. The molecule has 0 radical (unpaired) electrons. The molecule has 94 valence electrons. The molecule has 5 N–H and O–H groups in total. The molecular weight excluding hydrogens is 208 g/mol. The van der Waals surface area contributed by atoms with Crippen molar-refractivity contribution in [1.29, 1.82) is 0 Å². The summed E-state index contributed by atoms with van der Waals surface area (Å²) in [4.78, 5) is 11.6. The van der Waals surface area contributed by atoms with E-state index in [1.807, 2.05) is 0 Å². The summed E-state index contributed by atoms with van der Waals surface area (Å²) in [5.74, 6) is -0.0983. The lowest BCUT2D eigenvalue weighted by molar-refractivity contribution is -0.126. The summed E-state index contributed by atoms with van der Waals surface area (Å²) < 4.78 is 0. The summed E-state index contributed by atoms with van der Waals surface area (Å²) >= 11 is 0. The molecule has 5 nitrogen and oxygen atoms in total. The van der Waals surface area contributed by atoms with Crippen molar-refractivity contribution in [2.45, 2.75) is 38.2 Å². The van der Waals surface area contributed by atoms with Crippen molar-refractivity contribution in [2.75, 3.05) is 19.7 Å². The van der Waals surface area contributed by atoms with Crippen molar-refractivity contribution < 1.29 is 15.0 Å². The Morgan fingerprint density at radius 2 is 2.19 bits per heavy atom. The molecule has 0 aromatic rings. The standard InChI is InChI=1S/C11H22N2O3/c1-10(16,8-14)7-13-9(15)5-11(6-12)3-2-4-11/h14,16H,2-8,12H2,1H3,(H,13,15). The maximum Gasteiger partial charge on any atom is 0.220 e. The fourth-order valence-corrected chi connectivity index (χ4v) is 1.88. The van der Waals surface area contributed by atoms with Crippen molar-refractivity contribution in [1.82, 2.24) is 5.32 Å². The zero-order valence-corrected chi connectivity index (χ0v) is 9.83. The molecule has 0 aliphatic heterocycles. The van der Waals surface area contributed by atoms with E-state index in [0.717, 1.165) is 19.3 Å². The topological polar surface area (TPSA) is 95.6 Å². The zero-order chi connectivity index (χ0) is 12.2. The Bertz CT molecular complexity index is 244. The highest BCUT2D eigenvalue weighted by atomic mass is 16.3. The molecule has 1 amide bonds. The van der Waals surface area contributed by atoms with E-state index in [1.54, 1.807) is 0 Å². The minimum atomic E-state index is -1.24. The van der Waals surface area contributed by atoms with E-state index in [-0.39, 0.29) is 24.5 Å². The van der Waals surface area contributed by atoms with Gasteiger partial charge < -0.3 is 21.3 Å². The third-order valence-electron chi connectivity index (χ3n) is 3.39. The third kappa shape index (κ3) is 3.43. The quantitative estimate of drug-likeness (QED) is 0.488. The van der Waals surface area contributed by atoms with Gasteiger partial charge in [0.2, 0.25) is 5.91 Å². The monoisotopic (exact) mass is 230 g/mol. The van der Waals surface area contributed by atoms with Crippen LogP contribution in [0.3, 0.4) is 0 Å². The second-order valence-electron chi connectivity index (χ2n) is 5.17. The number of amides is 1. The molecule has 1 fully saturated rings. The highest BCUT2D eigenvalue weighted by Crippen LogP contribution is 2.42. The molecule has 1 unspecified atom stereocenters. The van der Waals surface area contributed by atoms with Crippen molar-refractivity contribution in [3.05, 3.63) is 0 Å². The van der Waals surface area contributed by atoms with E-state index in [1.165, 1.54) is 6.92 Å². The number of carbonyl (C=O) groups is 1. The second kappa shape index (κ2) is 5.12. The smallest absolute Gasteiger partial charge is 0.220 e. The molecule has 0 spiro atoms. The van der Waals surface area contributed by atoms with E-state index in [4.69, 9.17) is 10.8 Å². The van der Waals surface area contributed by atoms with E-state index < -0.39 is 5.60 Å². The number of nitrogens with two attached hydrogens (primary N) is 1. The first kappa shape index (κ1) is 13.4. The third-order valence-corrected chi connectivity index (χ3v) is 3.39. The van der Waals surface area contributed by atoms with Gasteiger partial charge in [-0.15, -0.1) is 0 Å². The molecule has 0 bridgehead atoms. The maximum absolute atomic E-state index is 11.6. The lowest BCUT2D eigenvalue weighted by Crippen LogP contribution is -2.46. The van der Waals surface area contributed by atoms with Crippen LogP contribution in [0.5, 0.6) is 0 Å². The Morgan fingerprint density at radius 1 is 1.56 bits per heavy atom. The molecule has 1 rings (SSSR count). The van der Waals surface area contributed by atoms with Gasteiger partial charge in [-0.2, -0.15) is 0 Å². The first-order chi connectivity index (χ1) is 7.43. The molecule has 16 heavy (non-hydrogen) atoms. The van der Waals surface area contributed by atoms with E-state index in [0.29, 0.717) is 13.0 Å². The fraction of sp³-hybridized carbons (Fsp3) is 0.909. The molecule has 0 aromatic heterocycles. The van der Waals surface area contributed by atoms with Gasteiger partial charge in [-0.25, -0.2) is 0 Å². The fourth-order valence-electron chi connectivity index (χ4n) is 1.88. The van der Waals surface area contributed by atoms with Gasteiger partial charge in [0, 0.05) is 13.0 Å². The number of aliphatic hydroxyl groups excluding tert-OH is 1. The molecule has 1 atom stereocenters. The van der Waals surface area contributed by atoms with Crippen molar-refractivity contribution in [3.63, 3.8) is 0 Å². The molecule has 0 aromatic carbocycles. The van der Waals surface area contributed by atoms with Crippen LogP contribution in [0.25, 0.3) is 0 Å². The second-order valence-corrected chi connectivity index (χ2v) is 5.17. The van der Waals surface area contributed by atoms with Crippen LogP contribution in [0.4, 0.5) is 0 Å². The van der Waals surface area contributed by atoms with Crippen LogP contribution in [-0.2, 0) is 4.79 Å². The van der Waals surface area contributed by atoms with Crippen LogP contribution in [0.1, 0.15) is 32.6 Å². The van der Waals surface area contributed by atoms with Gasteiger partial charge >= 0.3 is 0 Å². The van der Waals surface area contributed by atoms with Crippen molar-refractivity contribution >= 4 is 5.91 Å². The molecule has 0 heterocycles. The number of nitrogens with one attached hydrogen (secondary N) is 1. The molecule has 1 aliphatic carbocycles. The highest BCUT2D eigenvalue weighted by molar-refractivity contribution is 5.76. The number of hydrogen-bond acceptors (Lipinski definition) is 4. The molecule has 5 heteroatoms. The van der Waals surface area contributed by atoms with Gasteiger partial charge in [-0.1, -0.05) is 6.42 Å². The summed E-state index contributed by atoms with van der Waals surface area (Å²) in [6, 6.07) is 0. The Balaban J connectivity index is 2.31. The summed E-state index contributed by atoms with van der Waals surface area (Å²) in [5.41, 5.74) is 4.39. The van der Waals surface area contributed by atoms with E-state index in [2.05, 4.69) is 5.32 Å². The zero-order valence-electron chi connectivity index (χ0n) is 9.83. The van der Waals surface area contributed by atoms with Crippen LogP contribution in [0.2, 0.25) is 0 Å². The number of aliphatic hydroxyl groups is 2. The summed E-state index contributed by atoms with van der Waals surface area (Å²) in [7, 11) is 0. The Kier molecular flexibility index (Phi) is 4.29. The lowest BCUT2D eigenvalue weighted by Gasteiger charge is -2.40. The van der Waals surface area contributed by atoms with Crippen molar-refractivity contribution in [3.8, 4) is 0 Å². The Labute approximate surface area is 96.0 Å². The van der Waals surface area contributed by atoms with Crippen molar-refractivity contribution in [2.24, 2.45) is 11.1 Å². The van der Waals surface area contributed by atoms with Gasteiger partial charge in [0.15, 0.2) is 0 Å². The Morgan fingerprint density at radius 3 is 2.56 bits per heavy atom. The van der Waals surface area contributed by atoms with E-state index >= 15 is 0 Å². The predicted molar refractivity (Wildman–Crippen MR) is 60.7 cm³/mol. The molecular formula is C11H22N2O3. The summed E-state index contributed by atoms with van der Waals surface area (Å²) in [6.45, 7) is 1.73. The first-order valence-corrected chi connectivity index (χ1v) is 5.73.